The second kappa shape index (κ2) is 7.09. The van der Waals surface area contributed by atoms with Gasteiger partial charge in [-0.05, 0) is 12.3 Å². The molecule has 1 saturated heterocycles. The predicted molar refractivity (Wildman–Crippen MR) is 84.6 cm³/mol. The standard InChI is InChI=1S/C14H17NO4S2/c1-20-7-6-12(17)15-10(14(18)19)8-21-13(15)9-4-2-3-5-11(9)16/h2-5,10,13,16H,6-8H2,1H3,(H,18,19)/t10-,13+/m0/s1. The highest BCUT2D eigenvalue weighted by atomic mass is 32.2. The maximum Gasteiger partial charge on any atom is 0.327 e. The van der Waals surface area contributed by atoms with Crippen LogP contribution in [0.2, 0.25) is 0 Å². The molecular formula is C14H17NO4S2. The third-order valence-electron chi connectivity index (χ3n) is 3.30. The van der Waals surface area contributed by atoms with Crippen molar-refractivity contribution in [3.63, 3.8) is 0 Å². The minimum absolute atomic E-state index is 0.0868. The van der Waals surface area contributed by atoms with E-state index in [4.69, 9.17) is 0 Å². The summed E-state index contributed by atoms with van der Waals surface area (Å²) in [6.45, 7) is 0. The van der Waals surface area contributed by atoms with Gasteiger partial charge < -0.3 is 15.1 Å². The van der Waals surface area contributed by atoms with Crippen LogP contribution < -0.4 is 0 Å². The van der Waals surface area contributed by atoms with Crippen molar-refractivity contribution in [2.75, 3.05) is 17.8 Å². The number of hydrogen-bond acceptors (Lipinski definition) is 5. The monoisotopic (exact) mass is 327 g/mol. The van der Waals surface area contributed by atoms with Crippen LogP contribution in [-0.4, -0.2) is 50.8 Å². The molecule has 2 rings (SSSR count). The van der Waals surface area contributed by atoms with Crippen molar-refractivity contribution in [1.82, 2.24) is 4.90 Å². The Balaban J connectivity index is 2.29. The molecule has 0 saturated carbocycles. The van der Waals surface area contributed by atoms with Gasteiger partial charge in [0.2, 0.25) is 5.91 Å². The van der Waals surface area contributed by atoms with E-state index in [0.717, 1.165) is 0 Å². The summed E-state index contributed by atoms with van der Waals surface area (Å²) in [6.07, 6.45) is 2.21. The largest absolute Gasteiger partial charge is 0.508 e. The first-order chi connectivity index (χ1) is 10.1. The van der Waals surface area contributed by atoms with Crippen molar-refractivity contribution >= 4 is 35.4 Å². The third kappa shape index (κ3) is 3.47. The number of phenols is 1. The van der Waals surface area contributed by atoms with E-state index in [0.29, 0.717) is 23.5 Å². The average molecular weight is 327 g/mol. The summed E-state index contributed by atoms with van der Waals surface area (Å²) in [5.74, 6) is -0.115. The summed E-state index contributed by atoms with van der Waals surface area (Å²) in [5, 5.41) is 18.8. The third-order valence-corrected chi connectivity index (χ3v) is 5.21. The lowest BCUT2D eigenvalue weighted by molar-refractivity contribution is -0.149. The van der Waals surface area contributed by atoms with Crippen LogP contribution in [0.5, 0.6) is 5.75 Å². The average Bonchev–Trinajstić information content (AvgIpc) is 2.90. The normalized spacial score (nSPS) is 21.5. The van der Waals surface area contributed by atoms with Crippen LogP contribution in [0.25, 0.3) is 0 Å². The number of phenolic OH excluding ortho intramolecular Hbond substituents is 1. The molecule has 5 nitrogen and oxygen atoms in total. The van der Waals surface area contributed by atoms with Gasteiger partial charge in [-0.1, -0.05) is 18.2 Å². The van der Waals surface area contributed by atoms with Gasteiger partial charge in [0.15, 0.2) is 0 Å². The lowest BCUT2D eigenvalue weighted by atomic mass is 10.1. The first kappa shape index (κ1) is 16.0. The zero-order chi connectivity index (χ0) is 15.4. The van der Waals surface area contributed by atoms with E-state index in [-0.39, 0.29) is 11.7 Å². The highest BCUT2D eigenvalue weighted by molar-refractivity contribution is 7.99. The summed E-state index contributed by atoms with van der Waals surface area (Å²) in [6, 6.07) is 5.91. The number of carboxylic acid groups (broad SMARTS) is 1. The van der Waals surface area contributed by atoms with Gasteiger partial charge in [0.1, 0.15) is 17.2 Å². The van der Waals surface area contributed by atoms with Crippen LogP contribution in [0.3, 0.4) is 0 Å². The number of nitrogens with zero attached hydrogens (tertiary/aromatic N) is 1. The van der Waals surface area contributed by atoms with E-state index in [1.165, 1.54) is 16.7 Å². The number of thioether (sulfide) groups is 2. The lowest BCUT2D eigenvalue weighted by Crippen LogP contribution is -2.43. The number of aliphatic carboxylic acids is 1. The van der Waals surface area contributed by atoms with Crippen molar-refractivity contribution in [3.8, 4) is 5.75 Å². The Morgan fingerprint density at radius 1 is 1.43 bits per heavy atom. The maximum atomic E-state index is 12.4. The van der Waals surface area contributed by atoms with Crippen LogP contribution in [0.1, 0.15) is 17.4 Å². The second-order valence-electron chi connectivity index (χ2n) is 4.64. The fraction of sp³-hybridized carbons (Fsp3) is 0.429. The molecule has 1 amide bonds. The second-order valence-corrected chi connectivity index (χ2v) is 6.74. The number of hydrogen-bond donors (Lipinski definition) is 2. The SMILES string of the molecule is CSCCC(=O)N1[C@@H](c2ccccc2O)SC[C@H]1C(=O)O. The van der Waals surface area contributed by atoms with Crippen molar-refractivity contribution < 1.29 is 19.8 Å². The molecular weight excluding hydrogens is 310 g/mol. The first-order valence-electron chi connectivity index (χ1n) is 6.48. The van der Waals surface area contributed by atoms with E-state index < -0.39 is 17.4 Å². The van der Waals surface area contributed by atoms with Gasteiger partial charge in [-0.3, -0.25) is 4.79 Å². The summed E-state index contributed by atoms with van der Waals surface area (Å²) in [7, 11) is 0. The fourth-order valence-electron chi connectivity index (χ4n) is 2.26. The predicted octanol–water partition coefficient (Wildman–Crippen LogP) is 2.17. The molecule has 2 atom stereocenters. The molecule has 7 heteroatoms. The molecule has 0 spiro atoms. The fourth-order valence-corrected chi connectivity index (χ4v) is 4.11. The van der Waals surface area contributed by atoms with Crippen molar-refractivity contribution in [2.24, 2.45) is 0 Å². The van der Waals surface area contributed by atoms with Crippen LogP contribution in [0.4, 0.5) is 0 Å². The minimum Gasteiger partial charge on any atom is -0.508 e. The first-order valence-corrected chi connectivity index (χ1v) is 8.93. The van der Waals surface area contributed by atoms with Crippen LogP contribution in [-0.2, 0) is 9.59 Å². The molecule has 1 aliphatic heterocycles. The van der Waals surface area contributed by atoms with E-state index in [2.05, 4.69) is 0 Å². The number of amides is 1. The Labute approximate surface area is 131 Å². The van der Waals surface area contributed by atoms with Crippen LogP contribution >= 0.6 is 23.5 Å². The van der Waals surface area contributed by atoms with E-state index >= 15 is 0 Å². The van der Waals surface area contributed by atoms with Crippen LogP contribution in [0.15, 0.2) is 24.3 Å². The van der Waals surface area contributed by atoms with Gasteiger partial charge in [0.25, 0.3) is 0 Å². The Kier molecular flexibility index (Phi) is 5.41. The zero-order valence-corrected chi connectivity index (χ0v) is 13.2. The molecule has 0 radical (unpaired) electrons. The quantitative estimate of drug-likeness (QED) is 0.863. The molecule has 114 valence electrons. The van der Waals surface area contributed by atoms with Crippen molar-refractivity contribution in [1.29, 1.82) is 0 Å². The Morgan fingerprint density at radius 3 is 2.76 bits per heavy atom. The molecule has 1 aromatic rings. The zero-order valence-electron chi connectivity index (χ0n) is 11.6. The number of carboxylic acids is 1. The highest BCUT2D eigenvalue weighted by Gasteiger charge is 2.42. The summed E-state index contributed by atoms with van der Waals surface area (Å²) < 4.78 is 0. The number of benzene rings is 1. The summed E-state index contributed by atoms with van der Waals surface area (Å²) >= 11 is 2.92. The maximum absolute atomic E-state index is 12.4. The van der Waals surface area contributed by atoms with E-state index in [1.54, 1.807) is 36.0 Å². The molecule has 0 bridgehead atoms. The van der Waals surface area contributed by atoms with Crippen molar-refractivity contribution in [3.05, 3.63) is 29.8 Å². The van der Waals surface area contributed by atoms with Gasteiger partial charge in [0.05, 0.1) is 0 Å². The topological polar surface area (TPSA) is 77.8 Å². The minimum atomic E-state index is -1.00. The van der Waals surface area contributed by atoms with Crippen molar-refractivity contribution in [2.45, 2.75) is 17.8 Å². The van der Waals surface area contributed by atoms with E-state index in [1.807, 2.05) is 6.26 Å². The number of carbonyl (C=O) groups excluding carboxylic acids is 1. The Bertz CT molecular complexity index is 537. The smallest absolute Gasteiger partial charge is 0.327 e. The van der Waals surface area contributed by atoms with Crippen LogP contribution in [0, 0.1) is 0 Å². The summed E-state index contributed by atoms with van der Waals surface area (Å²) in [4.78, 5) is 25.1. The molecule has 0 unspecified atom stereocenters. The Morgan fingerprint density at radius 2 is 2.14 bits per heavy atom. The molecule has 0 aromatic heterocycles. The lowest BCUT2D eigenvalue weighted by Gasteiger charge is -2.28. The van der Waals surface area contributed by atoms with Gasteiger partial charge >= 0.3 is 5.97 Å². The van der Waals surface area contributed by atoms with Gasteiger partial charge in [-0.25, -0.2) is 4.79 Å². The molecule has 1 heterocycles. The molecule has 21 heavy (non-hydrogen) atoms. The summed E-state index contributed by atoms with van der Waals surface area (Å²) in [5.41, 5.74) is 0.587. The van der Waals surface area contributed by atoms with Gasteiger partial charge in [0, 0.05) is 23.5 Å². The van der Waals surface area contributed by atoms with Gasteiger partial charge in [-0.15, -0.1) is 11.8 Å². The van der Waals surface area contributed by atoms with E-state index in [9.17, 15) is 19.8 Å². The molecule has 1 aromatic carbocycles. The molecule has 1 fully saturated rings. The molecule has 0 aliphatic carbocycles. The van der Waals surface area contributed by atoms with Gasteiger partial charge in [-0.2, -0.15) is 11.8 Å². The Hall–Kier alpha value is -1.34. The number of para-hydroxylation sites is 1. The highest BCUT2D eigenvalue weighted by Crippen LogP contribution is 2.44. The number of rotatable bonds is 5. The number of aromatic hydroxyl groups is 1. The molecule has 2 N–H and O–H groups in total. The number of carbonyl (C=O) groups is 2. The molecule has 1 aliphatic rings.